The molecule has 1 N–H and O–H groups in total. The van der Waals surface area contributed by atoms with E-state index in [9.17, 15) is 22.4 Å². The fourth-order valence-corrected chi connectivity index (χ4v) is 5.68. The lowest BCUT2D eigenvalue weighted by Gasteiger charge is -2.33. The molecule has 208 valence electrons. The quantitative estimate of drug-likeness (QED) is 0.343. The number of nitrogens with one attached hydrogen (secondary N) is 1. The number of rotatable bonds is 12. The van der Waals surface area contributed by atoms with Crippen LogP contribution in [-0.2, 0) is 26.2 Å². The monoisotopic (exact) mass is 553 g/mol. The molecule has 3 rings (SSSR count). The van der Waals surface area contributed by atoms with E-state index in [1.807, 2.05) is 45.0 Å². The Kier molecular flexibility index (Phi) is 10.2. The van der Waals surface area contributed by atoms with E-state index >= 15 is 0 Å². The van der Waals surface area contributed by atoms with E-state index in [0.717, 1.165) is 33.5 Å². The van der Waals surface area contributed by atoms with Crippen LogP contribution in [-0.4, -0.2) is 44.3 Å². The minimum Gasteiger partial charge on any atom is -0.354 e. The topological polar surface area (TPSA) is 86.8 Å². The van der Waals surface area contributed by atoms with Gasteiger partial charge in [0.15, 0.2) is 0 Å². The number of benzene rings is 3. The molecule has 0 bridgehead atoms. The first-order valence-electron chi connectivity index (χ1n) is 13.1. The number of nitrogens with zero attached hydrogens (tertiary/aromatic N) is 2. The number of aryl methyl sites for hydroxylation is 2. The van der Waals surface area contributed by atoms with Crippen LogP contribution in [0.3, 0.4) is 0 Å². The first kappa shape index (κ1) is 29.8. The van der Waals surface area contributed by atoms with Gasteiger partial charge in [-0.2, -0.15) is 0 Å². The fourth-order valence-electron chi connectivity index (χ4n) is 4.26. The second-order valence-corrected chi connectivity index (χ2v) is 11.3. The minimum atomic E-state index is -4.32. The predicted octanol–water partition coefficient (Wildman–Crippen LogP) is 4.97. The second kappa shape index (κ2) is 13.4. The number of carbonyl (C=O) groups is 2. The maximum absolute atomic E-state index is 15.0. The average molecular weight is 554 g/mol. The first-order valence-corrected chi connectivity index (χ1v) is 14.5. The lowest BCUT2D eigenvalue weighted by Crippen LogP contribution is -2.52. The normalized spacial score (nSPS) is 12.0. The van der Waals surface area contributed by atoms with Gasteiger partial charge in [-0.05, 0) is 62.1 Å². The summed E-state index contributed by atoms with van der Waals surface area (Å²) in [6, 6.07) is 18.2. The third-order valence-electron chi connectivity index (χ3n) is 6.55. The molecule has 2 amide bonds. The van der Waals surface area contributed by atoms with Gasteiger partial charge in [0.2, 0.25) is 11.8 Å². The van der Waals surface area contributed by atoms with Gasteiger partial charge in [-0.25, -0.2) is 12.8 Å². The van der Waals surface area contributed by atoms with Gasteiger partial charge < -0.3 is 10.2 Å². The Hall–Kier alpha value is -3.72. The largest absolute Gasteiger partial charge is 0.354 e. The maximum atomic E-state index is 15.0. The summed E-state index contributed by atoms with van der Waals surface area (Å²) in [6.07, 6.45) is 1.04. The van der Waals surface area contributed by atoms with E-state index in [-0.39, 0.29) is 23.0 Å². The summed E-state index contributed by atoms with van der Waals surface area (Å²) >= 11 is 0. The van der Waals surface area contributed by atoms with E-state index in [1.165, 1.54) is 35.2 Å². The lowest BCUT2D eigenvalue weighted by molar-refractivity contribution is -0.140. The van der Waals surface area contributed by atoms with Gasteiger partial charge in [0.1, 0.15) is 18.4 Å². The molecule has 0 unspecified atom stereocenters. The van der Waals surface area contributed by atoms with Gasteiger partial charge in [-0.3, -0.25) is 13.9 Å². The molecular formula is C30H36FN3O4S. The molecule has 0 heterocycles. The van der Waals surface area contributed by atoms with Crippen molar-refractivity contribution in [3.05, 3.63) is 95.3 Å². The Morgan fingerprint density at radius 2 is 1.56 bits per heavy atom. The highest BCUT2D eigenvalue weighted by molar-refractivity contribution is 7.92. The third kappa shape index (κ3) is 7.23. The molecule has 1 atom stereocenters. The van der Waals surface area contributed by atoms with Crippen molar-refractivity contribution in [2.75, 3.05) is 17.4 Å². The van der Waals surface area contributed by atoms with Gasteiger partial charge in [-0.15, -0.1) is 0 Å². The summed E-state index contributed by atoms with van der Waals surface area (Å²) in [6.45, 7) is 7.33. The van der Waals surface area contributed by atoms with Crippen molar-refractivity contribution in [3.63, 3.8) is 0 Å². The minimum absolute atomic E-state index is 0.0673. The number of hydrogen-bond donors (Lipinski definition) is 1. The maximum Gasteiger partial charge on any atom is 0.264 e. The summed E-state index contributed by atoms with van der Waals surface area (Å²) in [7, 11) is -4.32. The summed E-state index contributed by atoms with van der Waals surface area (Å²) in [5.74, 6) is -1.71. The second-order valence-electron chi connectivity index (χ2n) is 9.44. The number of anilines is 1. The van der Waals surface area contributed by atoms with Crippen LogP contribution in [0.2, 0.25) is 0 Å². The van der Waals surface area contributed by atoms with Crippen molar-refractivity contribution in [2.24, 2.45) is 0 Å². The lowest BCUT2D eigenvalue weighted by atomic mass is 10.1. The van der Waals surface area contributed by atoms with Crippen molar-refractivity contribution in [2.45, 2.75) is 58.0 Å². The van der Waals surface area contributed by atoms with E-state index in [2.05, 4.69) is 5.32 Å². The van der Waals surface area contributed by atoms with Crippen molar-refractivity contribution in [3.8, 4) is 0 Å². The van der Waals surface area contributed by atoms with Crippen LogP contribution in [0.4, 0.5) is 10.1 Å². The Labute approximate surface area is 230 Å². The molecule has 0 aliphatic carbocycles. The zero-order valence-electron chi connectivity index (χ0n) is 22.9. The number of amides is 2. The zero-order valence-corrected chi connectivity index (χ0v) is 23.7. The molecule has 0 aliphatic rings. The Balaban J connectivity index is 2.07. The molecule has 0 radical (unpaired) electrons. The van der Waals surface area contributed by atoms with Crippen LogP contribution in [0.5, 0.6) is 0 Å². The van der Waals surface area contributed by atoms with Gasteiger partial charge in [0.25, 0.3) is 10.0 Å². The van der Waals surface area contributed by atoms with Crippen LogP contribution in [0.15, 0.2) is 77.7 Å². The van der Waals surface area contributed by atoms with Crippen LogP contribution in [0, 0.1) is 19.7 Å². The Bertz CT molecular complexity index is 1390. The van der Waals surface area contributed by atoms with E-state index in [0.29, 0.717) is 13.0 Å². The van der Waals surface area contributed by atoms with Crippen molar-refractivity contribution < 1.29 is 22.4 Å². The smallest absolute Gasteiger partial charge is 0.264 e. The van der Waals surface area contributed by atoms with Crippen LogP contribution < -0.4 is 9.62 Å². The molecule has 0 spiro atoms. The van der Waals surface area contributed by atoms with E-state index in [1.54, 1.807) is 19.1 Å². The molecule has 0 fully saturated rings. The summed E-state index contributed by atoms with van der Waals surface area (Å²) in [5.41, 5.74) is 2.37. The highest BCUT2D eigenvalue weighted by Crippen LogP contribution is 2.27. The van der Waals surface area contributed by atoms with Crippen molar-refractivity contribution in [1.82, 2.24) is 10.2 Å². The summed E-state index contributed by atoms with van der Waals surface area (Å²) in [4.78, 5) is 28.4. The van der Waals surface area contributed by atoms with Crippen LogP contribution in [0.1, 0.15) is 43.4 Å². The standard InChI is InChI=1S/C30H36FN3O4S/c1-5-19-32-30(36)27(6-2)33(20-24-12-8-7-11-23(24)4)29(35)21-34(28-14-10-9-13-26(28)31)39(37,38)25-17-15-22(3)16-18-25/h7-18,27H,5-6,19-21H2,1-4H3,(H,32,36)/t27-/m1/s1. The van der Waals surface area contributed by atoms with E-state index < -0.39 is 34.3 Å². The molecule has 0 saturated carbocycles. The summed E-state index contributed by atoms with van der Waals surface area (Å²) in [5, 5.41) is 2.85. The first-order chi connectivity index (χ1) is 18.6. The average Bonchev–Trinajstić information content (AvgIpc) is 2.92. The molecule has 3 aromatic rings. The molecular weight excluding hydrogens is 517 g/mol. The number of sulfonamides is 1. The van der Waals surface area contributed by atoms with Gasteiger partial charge in [0.05, 0.1) is 10.6 Å². The molecule has 7 nitrogen and oxygen atoms in total. The fraction of sp³-hybridized carbons (Fsp3) is 0.333. The SMILES string of the molecule is CCCNC(=O)[C@@H](CC)N(Cc1ccccc1C)C(=O)CN(c1ccccc1F)S(=O)(=O)c1ccc(C)cc1. The number of carbonyl (C=O) groups excluding carboxylic acids is 2. The molecule has 0 aromatic heterocycles. The van der Waals surface area contributed by atoms with Crippen molar-refractivity contribution in [1.29, 1.82) is 0 Å². The predicted molar refractivity (Wildman–Crippen MR) is 151 cm³/mol. The summed E-state index contributed by atoms with van der Waals surface area (Å²) < 4.78 is 43.4. The van der Waals surface area contributed by atoms with Crippen molar-refractivity contribution >= 4 is 27.5 Å². The van der Waals surface area contributed by atoms with E-state index in [4.69, 9.17) is 0 Å². The highest BCUT2D eigenvalue weighted by Gasteiger charge is 2.34. The molecule has 0 aliphatic heterocycles. The molecule has 39 heavy (non-hydrogen) atoms. The molecule has 3 aromatic carbocycles. The van der Waals surface area contributed by atoms with Gasteiger partial charge >= 0.3 is 0 Å². The van der Waals surface area contributed by atoms with Gasteiger partial charge in [-0.1, -0.05) is 67.9 Å². The third-order valence-corrected chi connectivity index (χ3v) is 8.32. The van der Waals surface area contributed by atoms with Gasteiger partial charge in [0, 0.05) is 13.1 Å². The Morgan fingerprint density at radius 1 is 0.923 bits per heavy atom. The number of halogens is 1. The number of hydrogen-bond acceptors (Lipinski definition) is 4. The molecule has 0 saturated heterocycles. The molecule has 9 heteroatoms. The van der Waals surface area contributed by atoms with Crippen LogP contribution in [0.25, 0.3) is 0 Å². The number of para-hydroxylation sites is 1. The van der Waals surface area contributed by atoms with Crippen LogP contribution >= 0.6 is 0 Å². The zero-order chi connectivity index (χ0) is 28.6. The highest BCUT2D eigenvalue weighted by atomic mass is 32.2. The Morgan fingerprint density at radius 3 is 2.18 bits per heavy atom.